The van der Waals surface area contributed by atoms with Gasteiger partial charge in [-0.1, -0.05) is 29.8 Å². The van der Waals surface area contributed by atoms with Crippen LogP contribution in [0.1, 0.15) is 16.8 Å². The lowest BCUT2D eigenvalue weighted by Crippen LogP contribution is -2.32. The third-order valence-electron chi connectivity index (χ3n) is 3.22. The maximum absolute atomic E-state index is 12.2. The molecule has 7 heteroatoms. The van der Waals surface area contributed by atoms with Crippen molar-refractivity contribution in [2.75, 3.05) is 20.2 Å². The van der Waals surface area contributed by atoms with Crippen molar-refractivity contribution >= 4 is 34.4 Å². The minimum atomic E-state index is -0.646. The second-order valence-electron chi connectivity index (χ2n) is 4.81. The largest absolute Gasteiger partial charge is 0.452 e. The Balaban J connectivity index is 2.10. The molecule has 2 rings (SSSR count). The summed E-state index contributed by atoms with van der Waals surface area (Å²) in [4.78, 5) is 29.5. The number of likely N-dealkylation sites (N-methyl/N-ethyl adjacent to an activating group) is 1. The first-order valence-electron chi connectivity index (χ1n) is 6.86. The van der Waals surface area contributed by atoms with Crippen molar-refractivity contribution in [1.82, 2.24) is 9.88 Å². The number of ether oxygens (including phenoxy) is 1. The molecule has 1 heterocycles. The van der Waals surface area contributed by atoms with Gasteiger partial charge < -0.3 is 9.64 Å². The number of esters is 1. The zero-order valence-corrected chi connectivity index (χ0v) is 13.2. The van der Waals surface area contributed by atoms with E-state index in [0.29, 0.717) is 10.9 Å². The summed E-state index contributed by atoms with van der Waals surface area (Å²) < 4.78 is 5.05. The van der Waals surface area contributed by atoms with Crippen LogP contribution in [-0.2, 0) is 9.53 Å². The molecule has 1 aromatic heterocycles. The lowest BCUT2D eigenvalue weighted by Gasteiger charge is -2.15. The Kier molecular flexibility index (Phi) is 5.50. The molecule has 1 amide bonds. The minimum absolute atomic E-state index is 0.174. The number of hydrogen-bond donors (Lipinski definition) is 0. The maximum Gasteiger partial charge on any atom is 0.339 e. The summed E-state index contributed by atoms with van der Waals surface area (Å²) >= 11 is 5.91. The first kappa shape index (κ1) is 16.7. The third kappa shape index (κ3) is 4.18. The predicted octanol–water partition coefficient (Wildman–Crippen LogP) is 2.42. The van der Waals surface area contributed by atoms with Crippen LogP contribution in [0.2, 0.25) is 5.15 Å². The van der Waals surface area contributed by atoms with Crippen molar-refractivity contribution in [3.05, 3.63) is 41.0 Å². The van der Waals surface area contributed by atoms with Gasteiger partial charge in [0.2, 0.25) is 0 Å². The van der Waals surface area contributed by atoms with E-state index in [4.69, 9.17) is 21.6 Å². The lowest BCUT2D eigenvalue weighted by atomic mass is 10.1. The van der Waals surface area contributed by atoms with E-state index in [9.17, 15) is 9.59 Å². The van der Waals surface area contributed by atoms with Crippen LogP contribution >= 0.6 is 11.6 Å². The highest BCUT2D eigenvalue weighted by molar-refractivity contribution is 6.30. The SMILES string of the molecule is CN(CCC#N)C(=O)COC(=O)c1cc(Cl)nc2ccccc12. The number of benzene rings is 1. The number of nitriles is 1. The highest BCUT2D eigenvalue weighted by atomic mass is 35.5. The summed E-state index contributed by atoms with van der Waals surface area (Å²) in [6, 6.07) is 10.4. The topological polar surface area (TPSA) is 83.3 Å². The molecule has 0 aliphatic rings. The number of aromatic nitrogens is 1. The van der Waals surface area contributed by atoms with Gasteiger partial charge in [-0.2, -0.15) is 5.26 Å². The second kappa shape index (κ2) is 7.56. The first-order chi connectivity index (χ1) is 11.0. The molecule has 0 N–H and O–H groups in total. The third-order valence-corrected chi connectivity index (χ3v) is 3.41. The molecule has 118 valence electrons. The Hall–Kier alpha value is -2.65. The number of carbonyl (C=O) groups is 2. The van der Waals surface area contributed by atoms with E-state index in [1.54, 1.807) is 31.3 Å². The highest BCUT2D eigenvalue weighted by Gasteiger charge is 2.16. The van der Waals surface area contributed by atoms with Gasteiger partial charge in [0, 0.05) is 19.0 Å². The molecule has 0 saturated heterocycles. The normalized spacial score (nSPS) is 10.1. The van der Waals surface area contributed by atoms with Crippen molar-refractivity contribution in [3.63, 3.8) is 0 Å². The molecule has 1 aromatic carbocycles. The van der Waals surface area contributed by atoms with Crippen molar-refractivity contribution in [1.29, 1.82) is 5.26 Å². The molecular formula is C16H14ClN3O3. The molecule has 0 atom stereocenters. The van der Waals surface area contributed by atoms with Crippen LogP contribution in [0.4, 0.5) is 0 Å². The summed E-state index contributed by atoms with van der Waals surface area (Å²) in [6.45, 7) is -0.105. The van der Waals surface area contributed by atoms with E-state index >= 15 is 0 Å². The molecule has 0 saturated carbocycles. The number of halogens is 1. The Morgan fingerprint density at radius 2 is 2.13 bits per heavy atom. The molecule has 0 aliphatic carbocycles. The number of pyridine rings is 1. The van der Waals surface area contributed by atoms with Gasteiger partial charge in [0.1, 0.15) is 5.15 Å². The Labute approximate surface area is 138 Å². The maximum atomic E-state index is 12.2. The summed E-state index contributed by atoms with van der Waals surface area (Å²) in [5, 5.41) is 9.28. The Morgan fingerprint density at radius 3 is 2.87 bits per heavy atom. The number of amides is 1. The van der Waals surface area contributed by atoms with Crippen LogP contribution in [0.25, 0.3) is 10.9 Å². The predicted molar refractivity (Wildman–Crippen MR) is 84.9 cm³/mol. The molecule has 23 heavy (non-hydrogen) atoms. The number of carbonyl (C=O) groups excluding carboxylic acids is 2. The monoisotopic (exact) mass is 331 g/mol. The average Bonchev–Trinajstić information content (AvgIpc) is 2.56. The van der Waals surface area contributed by atoms with Gasteiger partial charge in [-0.25, -0.2) is 9.78 Å². The van der Waals surface area contributed by atoms with E-state index in [-0.39, 0.29) is 29.6 Å². The van der Waals surface area contributed by atoms with Gasteiger partial charge in [0.15, 0.2) is 6.61 Å². The Bertz CT molecular complexity index is 786. The number of nitrogens with zero attached hydrogens (tertiary/aromatic N) is 3. The van der Waals surface area contributed by atoms with Crippen LogP contribution in [0, 0.1) is 11.3 Å². The molecule has 0 bridgehead atoms. The molecule has 6 nitrogen and oxygen atoms in total. The molecular weight excluding hydrogens is 318 g/mol. The molecule has 0 unspecified atom stereocenters. The van der Waals surface area contributed by atoms with Gasteiger partial charge in [-0.05, 0) is 12.1 Å². The molecule has 0 aliphatic heterocycles. The van der Waals surface area contributed by atoms with Gasteiger partial charge in [0.25, 0.3) is 5.91 Å². The van der Waals surface area contributed by atoms with E-state index < -0.39 is 12.6 Å². The smallest absolute Gasteiger partial charge is 0.339 e. The van der Waals surface area contributed by atoms with Crippen LogP contribution in [0.5, 0.6) is 0 Å². The van der Waals surface area contributed by atoms with E-state index in [1.807, 2.05) is 6.07 Å². The number of hydrogen-bond acceptors (Lipinski definition) is 5. The zero-order chi connectivity index (χ0) is 16.8. The van der Waals surface area contributed by atoms with Crippen LogP contribution in [0.15, 0.2) is 30.3 Å². The highest BCUT2D eigenvalue weighted by Crippen LogP contribution is 2.21. The minimum Gasteiger partial charge on any atom is -0.452 e. The fraction of sp³-hybridized carbons (Fsp3) is 0.250. The average molecular weight is 332 g/mol. The fourth-order valence-electron chi connectivity index (χ4n) is 1.97. The summed E-state index contributed by atoms with van der Waals surface area (Å²) in [5.41, 5.74) is 0.831. The quantitative estimate of drug-likeness (QED) is 0.620. The zero-order valence-electron chi connectivity index (χ0n) is 12.5. The van der Waals surface area contributed by atoms with Gasteiger partial charge in [-0.3, -0.25) is 4.79 Å². The lowest BCUT2D eigenvalue weighted by molar-refractivity contribution is -0.133. The van der Waals surface area contributed by atoms with E-state index in [2.05, 4.69) is 4.98 Å². The van der Waals surface area contributed by atoms with Crippen LogP contribution in [-0.4, -0.2) is 42.0 Å². The molecule has 0 spiro atoms. The van der Waals surface area contributed by atoms with E-state index in [1.165, 1.54) is 11.0 Å². The van der Waals surface area contributed by atoms with Crippen LogP contribution in [0.3, 0.4) is 0 Å². The molecule has 0 fully saturated rings. The fourth-order valence-corrected chi connectivity index (χ4v) is 2.17. The van der Waals surface area contributed by atoms with Crippen molar-refractivity contribution in [2.45, 2.75) is 6.42 Å². The van der Waals surface area contributed by atoms with Crippen molar-refractivity contribution < 1.29 is 14.3 Å². The number of rotatable bonds is 5. The second-order valence-corrected chi connectivity index (χ2v) is 5.20. The number of fused-ring (bicyclic) bond motifs is 1. The van der Waals surface area contributed by atoms with Crippen LogP contribution < -0.4 is 0 Å². The van der Waals surface area contributed by atoms with Crippen molar-refractivity contribution in [2.24, 2.45) is 0 Å². The number of para-hydroxylation sites is 1. The Morgan fingerprint density at radius 1 is 1.39 bits per heavy atom. The molecule has 0 radical (unpaired) electrons. The van der Waals surface area contributed by atoms with Crippen molar-refractivity contribution in [3.8, 4) is 6.07 Å². The summed E-state index contributed by atoms with van der Waals surface area (Å²) in [6.07, 6.45) is 0.223. The first-order valence-corrected chi connectivity index (χ1v) is 7.24. The van der Waals surface area contributed by atoms with Gasteiger partial charge in [0.05, 0.1) is 23.6 Å². The van der Waals surface area contributed by atoms with Gasteiger partial charge in [-0.15, -0.1) is 0 Å². The summed E-state index contributed by atoms with van der Waals surface area (Å²) in [5.74, 6) is -1.02. The van der Waals surface area contributed by atoms with E-state index in [0.717, 1.165) is 0 Å². The summed E-state index contributed by atoms with van der Waals surface area (Å²) in [7, 11) is 1.55. The molecule has 2 aromatic rings. The van der Waals surface area contributed by atoms with Gasteiger partial charge >= 0.3 is 5.97 Å². The standard InChI is InChI=1S/C16H14ClN3O3/c1-20(8-4-7-18)15(21)10-23-16(22)12-9-14(17)19-13-6-3-2-5-11(12)13/h2-3,5-6,9H,4,8,10H2,1H3.